The lowest BCUT2D eigenvalue weighted by molar-refractivity contribution is -0.113. The van der Waals surface area contributed by atoms with Crippen molar-refractivity contribution in [2.24, 2.45) is 0 Å². The first-order chi connectivity index (χ1) is 11.7. The largest absolute Gasteiger partial charge is 0.358 e. The number of nitriles is 1. The molecule has 1 aliphatic carbocycles. The maximum atomic E-state index is 12.3. The molecule has 1 saturated heterocycles. The molecule has 1 aromatic rings. The number of thioether (sulfide) groups is 1. The van der Waals surface area contributed by atoms with Crippen molar-refractivity contribution in [2.45, 2.75) is 44.9 Å². The summed E-state index contributed by atoms with van der Waals surface area (Å²) >= 11 is 8.39. The average molecular weight is 380 g/mol. The Morgan fingerprint density at radius 3 is 2.75 bits per heavy atom. The van der Waals surface area contributed by atoms with Gasteiger partial charge in [-0.2, -0.15) is 5.26 Å². The lowest BCUT2D eigenvalue weighted by atomic mass is 10.1. The Kier molecular flexibility index (Phi) is 6.14. The Labute approximate surface area is 156 Å². The van der Waals surface area contributed by atoms with Crippen LogP contribution in [0.4, 0.5) is 5.00 Å². The molecular weight excluding hydrogens is 358 g/mol. The number of carbonyl (C=O) groups is 1. The van der Waals surface area contributed by atoms with E-state index in [-0.39, 0.29) is 5.91 Å². The number of amides is 1. The van der Waals surface area contributed by atoms with Crippen LogP contribution in [0, 0.1) is 11.3 Å². The van der Waals surface area contributed by atoms with E-state index in [4.69, 9.17) is 12.2 Å². The topological polar surface area (TPSA) is 56.1 Å². The van der Waals surface area contributed by atoms with E-state index in [0.717, 1.165) is 47.2 Å². The van der Waals surface area contributed by atoms with Gasteiger partial charge in [-0.15, -0.1) is 11.3 Å². The van der Waals surface area contributed by atoms with Crippen LogP contribution in [0.15, 0.2) is 0 Å². The van der Waals surface area contributed by atoms with Crippen molar-refractivity contribution in [3.05, 3.63) is 16.0 Å². The molecule has 0 unspecified atom stereocenters. The van der Waals surface area contributed by atoms with Gasteiger partial charge in [-0.25, -0.2) is 0 Å². The fourth-order valence-electron chi connectivity index (χ4n) is 3.23. The van der Waals surface area contributed by atoms with Crippen LogP contribution >= 0.6 is 35.3 Å². The van der Waals surface area contributed by atoms with E-state index in [1.54, 1.807) is 11.3 Å². The molecule has 4 nitrogen and oxygen atoms in total. The van der Waals surface area contributed by atoms with Gasteiger partial charge in [0.25, 0.3) is 0 Å². The summed E-state index contributed by atoms with van der Waals surface area (Å²) < 4.78 is 0.810. The van der Waals surface area contributed by atoms with Gasteiger partial charge in [0.05, 0.1) is 11.3 Å². The monoisotopic (exact) mass is 379 g/mol. The molecule has 0 radical (unpaired) electrons. The zero-order chi connectivity index (χ0) is 16.9. The number of hydrogen-bond acceptors (Lipinski definition) is 5. The molecule has 24 heavy (non-hydrogen) atoms. The predicted octanol–water partition coefficient (Wildman–Crippen LogP) is 3.94. The van der Waals surface area contributed by atoms with Crippen molar-refractivity contribution in [1.29, 1.82) is 5.26 Å². The molecule has 1 N–H and O–H groups in total. The lowest BCUT2D eigenvalue weighted by Gasteiger charge is -2.17. The third kappa shape index (κ3) is 4.11. The first kappa shape index (κ1) is 17.7. The summed E-state index contributed by atoms with van der Waals surface area (Å²) in [6.07, 6.45) is 7.87. The highest BCUT2D eigenvalue weighted by atomic mass is 32.2. The van der Waals surface area contributed by atoms with Gasteiger partial charge in [0.15, 0.2) is 0 Å². The summed E-state index contributed by atoms with van der Waals surface area (Å²) in [5.41, 5.74) is 1.84. The van der Waals surface area contributed by atoms with Crippen LogP contribution in [0.1, 0.15) is 48.1 Å². The van der Waals surface area contributed by atoms with E-state index in [9.17, 15) is 10.1 Å². The van der Waals surface area contributed by atoms with Crippen LogP contribution < -0.4 is 5.32 Å². The summed E-state index contributed by atoms with van der Waals surface area (Å²) in [6.45, 7) is 2.01. The van der Waals surface area contributed by atoms with Crippen molar-refractivity contribution in [3.8, 4) is 6.07 Å². The van der Waals surface area contributed by atoms with E-state index >= 15 is 0 Å². The zero-order valence-electron chi connectivity index (χ0n) is 13.6. The summed E-state index contributed by atoms with van der Waals surface area (Å²) in [5, 5.41) is 13.2. The Hall–Kier alpha value is -1.10. The summed E-state index contributed by atoms with van der Waals surface area (Å²) in [4.78, 5) is 15.7. The van der Waals surface area contributed by atoms with E-state index in [1.165, 1.54) is 42.3 Å². The molecule has 1 amide bonds. The summed E-state index contributed by atoms with van der Waals surface area (Å²) in [6, 6.07) is 2.30. The number of anilines is 1. The molecule has 3 rings (SSSR count). The first-order valence-corrected chi connectivity index (χ1v) is 10.7. The van der Waals surface area contributed by atoms with Gasteiger partial charge >= 0.3 is 0 Å². The van der Waals surface area contributed by atoms with Gasteiger partial charge < -0.3 is 10.2 Å². The second-order valence-corrected chi connectivity index (χ2v) is 8.89. The highest BCUT2D eigenvalue weighted by Crippen LogP contribution is 2.37. The molecule has 0 saturated carbocycles. The fraction of sp³-hybridized carbons (Fsp3) is 0.588. The minimum atomic E-state index is -0.0746. The number of carbonyl (C=O) groups excluding carboxylic acids is 1. The van der Waals surface area contributed by atoms with Crippen LogP contribution in [0.2, 0.25) is 0 Å². The van der Waals surface area contributed by atoms with Crippen molar-refractivity contribution >= 4 is 50.5 Å². The second-order valence-electron chi connectivity index (χ2n) is 6.18. The number of hydrogen-bond donors (Lipinski definition) is 1. The number of nitrogens with one attached hydrogen (secondary N) is 1. The maximum Gasteiger partial charge on any atom is 0.235 e. The number of aryl methyl sites for hydroxylation is 1. The van der Waals surface area contributed by atoms with E-state index < -0.39 is 0 Å². The molecule has 1 fully saturated rings. The molecule has 0 aromatic carbocycles. The first-order valence-electron chi connectivity index (χ1n) is 8.45. The standard InChI is InChI=1S/C17H21N3OS3/c18-10-13-12-6-2-1-3-7-14(12)24-16(13)19-15(21)11-23-17(22)20-8-4-5-9-20/h1-9,11H2,(H,19,21). The van der Waals surface area contributed by atoms with Gasteiger partial charge in [0.1, 0.15) is 15.4 Å². The number of thiocarbonyl (C=S) groups is 1. The number of thiophene rings is 1. The number of fused-ring (bicyclic) bond motifs is 1. The molecule has 2 aliphatic rings. The molecule has 0 bridgehead atoms. The molecule has 1 aliphatic heterocycles. The Morgan fingerprint density at radius 2 is 2.00 bits per heavy atom. The van der Waals surface area contributed by atoms with Gasteiger partial charge in [0, 0.05) is 18.0 Å². The number of rotatable bonds is 3. The van der Waals surface area contributed by atoms with E-state index in [0.29, 0.717) is 11.3 Å². The van der Waals surface area contributed by atoms with Crippen LogP contribution in [0.3, 0.4) is 0 Å². The fourth-order valence-corrected chi connectivity index (χ4v) is 5.54. The average Bonchev–Trinajstić information content (AvgIpc) is 3.16. The quantitative estimate of drug-likeness (QED) is 0.637. The molecule has 7 heteroatoms. The third-order valence-corrected chi connectivity index (χ3v) is 7.21. The van der Waals surface area contributed by atoms with Crippen molar-refractivity contribution < 1.29 is 4.79 Å². The highest BCUT2D eigenvalue weighted by molar-refractivity contribution is 8.23. The smallest absolute Gasteiger partial charge is 0.235 e. The van der Waals surface area contributed by atoms with Gasteiger partial charge in [0.2, 0.25) is 5.91 Å². The van der Waals surface area contributed by atoms with Gasteiger partial charge in [-0.3, -0.25) is 4.79 Å². The highest BCUT2D eigenvalue weighted by Gasteiger charge is 2.21. The van der Waals surface area contributed by atoms with E-state index in [1.807, 2.05) is 0 Å². The van der Waals surface area contributed by atoms with Crippen LogP contribution in [-0.4, -0.2) is 34.0 Å². The number of nitrogens with zero attached hydrogens (tertiary/aromatic N) is 2. The molecule has 0 spiro atoms. The predicted molar refractivity (Wildman–Crippen MR) is 105 cm³/mol. The Balaban J connectivity index is 1.60. The number of likely N-dealkylation sites (tertiary alicyclic amines) is 1. The summed E-state index contributed by atoms with van der Waals surface area (Å²) in [7, 11) is 0. The minimum Gasteiger partial charge on any atom is -0.358 e. The zero-order valence-corrected chi connectivity index (χ0v) is 16.0. The normalized spacial score (nSPS) is 17.0. The molecule has 2 heterocycles. The van der Waals surface area contributed by atoms with E-state index in [2.05, 4.69) is 16.3 Å². The third-order valence-electron chi connectivity index (χ3n) is 4.48. The molecular formula is C17H21N3OS3. The van der Waals surface area contributed by atoms with Crippen molar-refractivity contribution in [3.63, 3.8) is 0 Å². The van der Waals surface area contributed by atoms with Crippen LogP contribution in [-0.2, 0) is 17.6 Å². The maximum absolute atomic E-state index is 12.3. The SMILES string of the molecule is N#Cc1c(NC(=O)CSC(=S)N2CCCC2)sc2c1CCCCC2. The minimum absolute atomic E-state index is 0.0746. The molecule has 128 valence electrons. The van der Waals surface area contributed by atoms with Crippen molar-refractivity contribution in [2.75, 3.05) is 24.2 Å². The van der Waals surface area contributed by atoms with Crippen molar-refractivity contribution in [1.82, 2.24) is 4.90 Å². The van der Waals surface area contributed by atoms with Crippen LogP contribution in [0.25, 0.3) is 0 Å². The van der Waals surface area contributed by atoms with Gasteiger partial charge in [-0.1, -0.05) is 30.4 Å². The Morgan fingerprint density at radius 1 is 1.25 bits per heavy atom. The molecule has 1 aromatic heterocycles. The summed E-state index contributed by atoms with van der Waals surface area (Å²) in [5.74, 6) is 0.234. The lowest BCUT2D eigenvalue weighted by Crippen LogP contribution is -2.25. The van der Waals surface area contributed by atoms with Gasteiger partial charge in [-0.05, 0) is 44.1 Å². The van der Waals surface area contributed by atoms with Crippen LogP contribution in [0.5, 0.6) is 0 Å². The Bertz CT molecular complexity index is 671. The second kappa shape index (κ2) is 8.32. The molecule has 0 atom stereocenters.